The Morgan fingerprint density at radius 2 is 1.68 bits per heavy atom. The lowest BCUT2D eigenvalue weighted by atomic mass is 10.0. The summed E-state index contributed by atoms with van der Waals surface area (Å²) < 4.78 is 10.6. The molecule has 0 spiro atoms. The van der Waals surface area contributed by atoms with Crippen LogP contribution in [0, 0.1) is 0 Å². The lowest BCUT2D eigenvalue weighted by Crippen LogP contribution is -2.34. The number of benzene rings is 2. The van der Waals surface area contributed by atoms with Crippen molar-refractivity contribution < 1.29 is 18.7 Å². The van der Waals surface area contributed by atoms with Crippen LogP contribution in [0.3, 0.4) is 0 Å². The van der Waals surface area contributed by atoms with Crippen molar-refractivity contribution in [2.75, 3.05) is 13.7 Å². The Morgan fingerprint density at radius 3 is 2.29 bits per heavy atom. The second kappa shape index (κ2) is 8.92. The molecule has 6 heteroatoms. The summed E-state index contributed by atoms with van der Waals surface area (Å²) >= 11 is 0. The number of rotatable bonds is 8. The zero-order chi connectivity index (χ0) is 21.8. The molecular formula is C25H24N2O4. The summed E-state index contributed by atoms with van der Waals surface area (Å²) in [5.41, 5.74) is 2.56. The topological polar surface area (TPSA) is 63.0 Å². The SMILES string of the molecule is CCN(Cc1ccccc1)C1=C(c2ccc(OC)cc2)C(=O)N(Cc2ccco2)C1=O. The molecule has 1 aromatic heterocycles. The van der Waals surface area contributed by atoms with Crippen LogP contribution in [0.15, 0.2) is 83.1 Å². The Bertz CT molecular complexity index is 1090. The van der Waals surface area contributed by atoms with Crippen LogP contribution in [0.2, 0.25) is 0 Å². The van der Waals surface area contributed by atoms with Gasteiger partial charge >= 0.3 is 0 Å². The Hall–Kier alpha value is -3.80. The number of hydrogen-bond acceptors (Lipinski definition) is 5. The van der Waals surface area contributed by atoms with Crippen LogP contribution in [-0.4, -0.2) is 35.3 Å². The van der Waals surface area contributed by atoms with E-state index in [1.165, 1.54) is 11.2 Å². The Kier molecular flexibility index (Phi) is 5.89. The quantitative estimate of drug-likeness (QED) is 0.518. The predicted octanol–water partition coefficient (Wildman–Crippen LogP) is 4.09. The highest BCUT2D eigenvalue weighted by Crippen LogP contribution is 2.34. The van der Waals surface area contributed by atoms with Crippen molar-refractivity contribution in [2.24, 2.45) is 0 Å². The number of carbonyl (C=O) groups excluding carboxylic acids is 2. The zero-order valence-electron chi connectivity index (χ0n) is 17.6. The van der Waals surface area contributed by atoms with Crippen molar-refractivity contribution >= 4 is 17.4 Å². The van der Waals surface area contributed by atoms with Crippen LogP contribution in [-0.2, 0) is 22.7 Å². The number of nitrogens with zero attached hydrogens (tertiary/aromatic N) is 2. The number of furan rings is 1. The molecule has 2 heterocycles. The van der Waals surface area contributed by atoms with Gasteiger partial charge in [-0.3, -0.25) is 14.5 Å². The van der Waals surface area contributed by atoms with Crippen LogP contribution < -0.4 is 4.74 Å². The lowest BCUT2D eigenvalue weighted by Gasteiger charge is -2.24. The minimum atomic E-state index is -0.326. The highest BCUT2D eigenvalue weighted by Gasteiger charge is 2.41. The first-order chi connectivity index (χ1) is 15.1. The van der Waals surface area contributed by atoms with Gasteiger partial charge in [0.15, 0.2) is 0 Å². The summed E-state index contributed by atoms with van der Waals surface area (Å²) in [5, 5.41) is 0. The minimum absolute atomic E-state index is 0.0940. The summed E-state index contributed by atoms with van der Waals surface area (Å²) in [6.45, 7) is 3.18. The van der Waals surface area contributed by atoms with E-state index in [1.807, 2.05) is 54.3 Å². The van der Waals surface area contributed by atoms with Gasteiger partial charge < -0.3 is 14.1 Å². The maximum atomic E-state index is 13.5. The summed E-state index contributed by atoms with van der Waals surface area (Å²) in [6.07, 6.45) is 1.53. The zero-order valence-corrected chi connectivity index (χ0v) is 17.6. The van der Waals surface area contributed by atoms with Gasteiger partial charge in [-0.2, -0.15) is 0 Å². The van der Waals surface area contributed by atoms with Gasteiger partial charge in [0.25, 0.3) is 11.8 Å². The predicted molar refractivity (Wildman–Crippen MR) is 117 cm³/mol. The number of methoxy groups -OCH3 is 1. The van der Waals surface area contributed by atoms with E-state index in [-0.39, 0.29) is 18.4 Å². The summed E-state index contributed by atoms with van der Waals surface area (Å²) in [5.74, 6) is 0.605. The normalized spacial score (nSPS) is 13.8. The van der Waals surface area contributed by atoms with Crippen molar-refractivity contribution in [1.29, 1.82) is 0 Å². The van der Waals surface area contributed by atoms with E-state index in [0.29, 0.717) is 41.4 Å². The first-order valence-corrected chi connectivity index (χ1v) is 10.2. The van der Waals surface area contributed by atoms with Gasteiger partial charge in [-0.25, -0.2) is 0 Å². The molecule has 1 aliphatic heterocycles. The van der Waals surface area contributed by atoms with Gasteiger partial charge in [0.1, 0.15) is 17.2 Å². The second-order valence-electron chi connectivity index (χ2n) is 7.23. The monoisotopic (exact) mass is 416 g/mol. The lowest BCUT2D eigenvalue weighted by molar-refractivity contribution is -0.138. The van der Waals surface area contributed by atoms with Gasteiger partial charge in [0.05, 0.1) is 25.5 Å². The van der Waals surface area contributed by atoms with Crippen molar-refractivity contribution in [3.63, 3.8) is 0 Å². The van der Waals surface area contributed by atoms with E-state index in [4.69, 9.17) is 9.15 Å². The average molecular weight is 416 g/mol. The standard InChI is InChI=1S/C25H24N2O4/c1-3-26(16-18-8-5-4-6-9-18)23-22(19-11-13-20(30-2)14-12-19)24(28)27(25(23)29)17-21-10-7-15-31-21/h4-15H,3,16-17H2,1-2H3. The van der Waals surface area contributed by atoms with E-state index < -0.39 is 0 Å². The number of ether oxygens (including phenoxy) is 1. The van der Waals surface area contributed by atoms with Crippen molar-refractivity contribution in [2.45, 2.75) is 20.0 Å². The molecule has 4 rings (SSSR count). The van der Waals surface area contributed by atoms with Crippen molar-refractivity contribution in [1.82, 2.24) is 9.80 Å². The molecule has 0 saturated carbocycles. The van der Waals surface area contributed by atoms with Crippen molar-refractivity contribution in [3.05, 3.63) is 95.6 Å². The molecule has 3 aromatic rings. The first kappa shape index (κ1) is 20.5. The first-order valence-electron chi connectivity index (χ1n) is 10.2. The van der Waals surface area contributed by atoms with Crippen LogP contribution in [0.1, 0.15) is 23.8 Å². The molecule has 0 atom stereocenters. The molecule has 31 heavy (non-hydrogen) atoms. The number of amides is 2. The molecular weight excluding hydrogens is 392 g/mol. The molecule has 0 radical (unpaired) electrons. The Balaban J connectivity index is 1.76. The molecule has 6 nitrogen and oxygen atoms in total. The van der Waals surface area contributed by atoms with Gasteiger partial charge in [0.2, 0.25) is 0 Å². The van der Waals surface area contributed by atoms with Crippen LogP contribution in [0.25, 0.3) is 5.57 Å². The second-order valence-corrected chi connectivity index (χ2v) is 7.23. The minimum Gasteiger partial charge on any atom is -0.497 e. The molecule has 0 saturated heterocycles. The Morgan fingerprint density at radius 1 is 0.935 bits per heavy atom. The molecule has 0 unspecified atom stereocenters. The number of hydrogen-bond donors (Lipinski definition) is 0. The van der Waals surface area contributed by atoms with Crippen molar-refractivity contribution in [3.8, 4) is 5.75 Å². The third-order valence-corrected chi connectivity index (χ3v) is 5.33. The maximum absolute atomic E-state index is 13.5. The number of likely N-dealkylation sites (N-methyl/N-ethyl adjacent to an activating group) is 1. The number of imide groups is 1. The highest BCUT2D eigenvalue weighted by molar-refractivity contribution is 6.35. The molecule has 158 valence electrons. The third kappa shape index (κ3) is 4.10. The third-order valence-electron chi connectivity index (χ3n) is 5.33. The fourth-order valence-electron chi connectivity index (χ4n) is 3.73. The van der Waals surface area contributed by atoms with Gasteiger partial charge in [-0.1, -0.05) is 42.5 Å². The molecule has 0 N–H and O–H groups in total. The van der Waals surface area contributed by atoms with Crippen LogP contribution >= 0.6 is 0 Å². The Labute approximate surface area is 181 Å². The molecule has 0 aliphatic carbocycles. The van der Waals surface area contributed by atoms with E-state index in [0.717, 1.165) is 5.56 Å². The maximum Gasteiger partial charge on any atom is 0.278 e. The van der Waals surface area contributed by atoms with E-state index in [1.54, 1.807) is 31.4 Å². The highest BCUT2D eigenvalue weighted by atomic mass is 16.5. The fraction of sp³-hybridized carbons (Fsp3) is 0.200. The summed E-state index contributed by atoms with van der Waals surface area (Å²) in [6, 6.07) is 20.6. The molecule has 2 amide bonds. The average Bonchev–Trinajstić information content (AvgIpc) is 3.41. The van der Waals surface area contributed by atoms with E-state index in [2.05, 4.69) is 0 Å². The molecule has 0 bridgehead atoms. The van der Waals surface area contributed by atoms with E-state index in [9.17, 15) is 9.59 Å². The van der Waals surface area contributed by atoms with Gasteiger partial charge in [-0.15, -0.1) is 0 Å². The molecule has 1 aliphatic rings. The fourth-order valence-corrected chi connectivity index (χ4v) is 3.73. The molecule has 0 fully saturated rings. The summed E-state index contributed by atoms with van der Waals surface area (Å²) in [7, 11) is 1.59. The van der Waals surface area contributed by atoms with E-state index >= 15 is 0 Å². The molecule has 2 aromatic carbocycles. The van der Waals surface area contributed by atoms with Gasteiger partial charge in [0, 0.05) is 13.1 Å². The van der Waals surface area contributed by atoms with Crippen LogP contribution in [0.4, 0.5) is 0 Å². The van der Waals surface area contributed by atoms with Crippen LogP contribution in [0.5, 0.6) is 5.75 Å². The number of carbonyl (C=O) groups is 2. The largest absolute Gasteiger partial charge is 0.497 e. The smallest absolute Gasteiger partial charge is 0.278 e. The summed E-state index contributed by atoms with van der Waals surface area (Å²) in [4.78, 5) is 30.1. The van der Waals surface area contributed by atoms with Gasteiger partial charge in [-0.05, 0) is 42.3 Å².